The van der Waals surface area contributed by atoms with Gasteiger partial charge in [-0.25, -0.2) is 22.9 Å². The number of anilines is 1. The molecule has 8 nitrogen and oxygen atoms in total. The molecule has 2 unspecified atom stereocenters. The summed E-state index contributed by atoms with van der Waals surface area (Å²) in [7, 11) is -2.59. The predicted octanol–water partition coefficient (Wildman–Crippen LogP) is 2.23. The van der Waals surface area contributed by atoms with Crippen LogP contribution in [0.2, 0.25) is 0 Å². The number of nitrogen functional groups attached to an aromatic ring is 1. The number of nitrogens with zero attached hydrogens (tertiary/aromatic N) is 3. The van der Waals surface area contributed by atoms with E-state index in [9.17, 15) is 31.4 Å². The van der Waals surface area contributed by atoms with E-state index in [1.165, 1.54) is 24.4 Å². The number of amides is 1. The van der Waals surface area contributed by atoms with Crippen molar-refractivity contribution in [3.63, 3.8) is 0 Å². The summed E-state index contributed by atoms with van der Waals surface area (Å²) in [4.78, 5) is 31.9. The predicted molar refractivity (Wildman–Crippen MR) is 116 cm³/mol. The number of rotatable bonds is 6. The number of carbonyl (C=O) groups is 2. The summed E-state index contributed by atoms with van der Waals surface area (Å²) < 4.78 is 64.9. The zero-order chi connectivity index (χ0) is 24.6. The largest absolute Gasteiger partial charge is 0.411 e. The second kappa shape index (κ2) is 9.06. The van der Waals surface area contributed by atoms with Crippen LogP contribution in [0.3, 0.4) is 0 Å². The molecule has 34 heavy (non-hydrogen) atoms. The summed E-state index contributed by atoms with van der Waals surface area (Å²) in [5, 5.41) is 0.396. The van der Waals surface area contributed by atoms with E-state index in [2.05, 4.69) is 15.3 Å². The number of hydrogen-bond donors (Lipinski definition) is 2. The standard InChI is InChI=1S/C21H17F4N5O3S/c22-12-3-1-2-11(6-12)16-5-4-14-15(7-27-19(26)18(14)29-16)20(32)28-13-8-30(9-13)34(33)17(10-31)21(23,24)25/h1-7,10,13,17H,8-9H2,(H2,26,27)(H,28,32). The van der Waals surface area contributed by atoms with Crippen LogP contribution in [0.4, 0.5) is 23.4 Å². The number of aldehydes is 1. The second-order valence-corrected chi connectivity index (χ2v) is 9.13. The average Bonchev–Trinajstić information content (AvgIpc) is 2.75. The highest BCUT2D eigenvalue weighted by atomic mass is 32.2. The Labute approximate surface area is 192 Å². The fourth-order valence-corrected chi connectivity index (χ4v) is 4.76. The first-order chi connectivity index (χ1) is 16.1. The Morgan fingerprint density at radius 1 is 1.26 bits per heavy atom. The van der Waals surface area contributed by atoms with E-state index in [-0.39, 0.29) is 36.3 Å². The van der Waals surface area contributed by atoms with E-state index in [1.807, 2.05) is 0 Å². The Hall–Kier alpha value is -3.45. The molecule has 13 heteroatoms. The van der Waals surface area contributed by atoms with Gasteiger partial charge in [0.05, 0.1) is 17.3 Å². The van der Waals surface area contributed by atoms with Gasteiger partial charge in [-0.2, -0.15) is 13.2 Å². The summed E-state index contributed by atoms with van der Waals surface area (Å²) in [5.74, 6) is -0.957. The van der Waals surface area contributed by atoms with Gasteiger partial charge in [0.15, 0.2) is 5.25 Å². The number of benzene rings is 1. The molecule has 1 aliphatic rings. The third kappa shape index (κ3) is 4.61. The minimum Gasteiger partial charge on any atom is -0.382 e. The fourth-order valence-electron chi connectivity index (χ4n) is 3.47. The Morgan fingerprint density at radius 3 is 2.65 bits per heavy atom. The number of hydrogen-bond acceptors (Lipinski definition) is 6. The van der Waals surface area contributed by atoms with Crippen molar-refractivity contribution in [3.05, 3.63) is 54.0 Å². The van der Waals surface area contributed by atoms with Gasteiger partial charge >= 0.3 is 6.18 Å². The van der Waals surface area contributed by atoms with Gasteiger partial charge in [-0.05, 0) is 24.3 Å². The molecule has 1 fully saturated rings. The summed E-state index contributed by atoms with van der Waals surface area (Å²) >= 11 is 0. The van der Waals surface area contributed by atoms with Gasteiger partial charge in [0.25, 0.3) is 5.91 Å². The van der Waals surface area contributed by atoms with Crippen LogP contribution in [0, 0.1) is 5.82 Å². The molecule has 1 amide bonds. The van der Waals surface area contributed by atoms with Crippen LogP contribution in [0.1, 0.15) is 10.4 Å². The molecule has 2 atom stereocenters. The maximum Gasteiger partial charge on any atom is 0.411 e. The number of nitrogens with one attached hydrogen (secondary N) is 1. The number of alkyl halides is 3. The van der Waals surface area contributed by atoms with Gasteiger partial charge in [-0.15, -0.1) is 0 Å². The Bertz CT molecular complexity index is 1300. The Kier molecular flexibility index (Phi) is 6.32. The van der Waals surface area contributed by atoms with Crippen LogP contribution >= 0.6 is 0 Å². The van der Waals surface area contributed by atoms with Crippen molar-refractivity contribution in [3.8, 4) is 11.3 Å². The molecule has 178 valence electrons. The van der Waals surface area contributed by atoms with Crippen molar-refractivity contribution < 1.29 is 31.4 Å². The molecule has 0 spiro atoms. The van der Waals surface area contributed by atoms with Crippen molar-refractivity contribution in [2.24, 2.45) is 0 Å². The molecule has 3 aromatic rings. The van der Waals surface area contributed by atoms with Crippen LogP contribution in [0.25, 0.3) is 22.2 Å². The van der Waals surface area contributed by atoms with Gasteiger partial charge in [-0.1, -0.05) is 12.1 Å². The number of carbonyl (C=O) groups excluding carboxylic acids is 2. The third-order valence-corrected chi connectivity index (χ3v) is 6.85. The Morgan fingerprint density at radius 2 is 2.00 bits per heavy atom. The molecule has 3 N–H and O–H groups in total. The molecule has 0 aliphatic carbocycles. The van der Waals surface area contributed by atoms with Crippen LogP contribution in [0.5, 0.6) is 0 Å². The number of halogens is 4. The lowest BCUT2D eigenvalue weighted by atomic mass is 10.1. The first-order valence-electron chi connectivity index (χ1n) is 9.88. The second-order valence-electron chi connectivity index (χ2n) is 7.55. The highest BCUT2D eigenvalue weighted by Gasteiger charge is 2.48. The maximum atomic E-state index is 13.6. The van der Waals surface area contributed by atoms with Gasteiger partial charge in [0, 0.05) is 30.2 Å². The van der Waals surface area contributed by atoms with Gasteiger partial charge in [0.1, 0.15) is 34.4 Å². The minimum atomic E-state index is -4.92. The van der Waals surface area contributed by atoms with Gasteiger partial charge in [0.2, 0.25) is 0 Å². The van der Waals surface area contributed by atoms with E-state index in [1.54, 1.807) is 18.2 Å². The summed E-state index contributed by atoms with van der Waals surface area (Å²) in [6, 6.07) is 8.40. The molecule has 3 heterocycles. The zero-order valence-corrected chi connectivity index (χ0v) is 18.1. The SMILES string of the molecule is Nc1ncc(C(=O)NC2CN(S(=O)C(C=O)C(F)(F)F)C2)c2ccc(-c3cccc(F)c3)nc12. The average molecular weight is 495 g/mol. The highest BCUT2D eigenvalue weighted by molar-refractivity contribution is 7.84. The van der Waals surface area contributed by atoms with Crippen LogP contribution in [0.15, 0.2) is 42.6 Å². The molecular weight excluding hydrogens is 478 g/mol. The van der Waals surface area contributed by atoms with Crippen molar-refractivity contribution in [1.82, 2.24) is 19.6 Å². The quantitative estimate of drug-likeness (QED) is 0.400. The first-order valence-corrected chi connectivity index (χ1v) is 11.0. The summed E-state index contributed by atoms with van der Waals surface area (Å²) in [6.45, 7) is -0.248. The number of nitrogens with two attached hydrogens (primary N) is 1. The monoisotopic (exact) mass is 495 g/mol. The molecule has 0 radical (unpaired) electrons. The van der Waals surface area contributed by atoms with Crippen molar-refractivity contribution in [1.29, 1.82) is 0 Å². The number of pyridine rings is 2. The smallest absolute Gasteiger partial charge is 0.382 e. The molecular formula is C21H17F4N5O3S. The van der Waals surface area contributed by atoms with Crippen LogP contribution < -0.4 is 11.1 Å². The lowest BCUT2D eigenvalue weighted by Crippen LogP contribution is -2.61. The van der Waals surface area contributed by atoms with E-state index >= 15 is 0 Å². The molecule has 0 saturated carbocycles. The molecule has 1 aliphatic heterocycles. The zero-order valence-electron chi connectivity index (χ0n) is 17.3. The summed E-state index contributed by atoms with van der Waals surface area (Å²) in [6.07, 6.45) is -4.07. The van der Waals surface area contributed by atoms with Gasteiger partial charge < -0.3 is 15.8 Å². The van der Waals surface area contributed by atoms with Gasteiger partial charge in [-0.3, -0.25) is 4.79 Å². The summed E-state index contributed by atoms with van der Waals surface area (Å²) in [5.41, 5.74) is 7.21. The van der Waals surface area contributed by atoms with Crippen LogP contribution in [-0.4, -0.2) is 61.2 Å². The van der Waals surface area contributed by atoms with E-state index < -0.39 is 40.2 Å². The van der Waals surface area contributed by atoms with E-state index in [4.69, 9.17) is 5.73 Å². The number of aromatic nitrogens is 2. The fraction of sp³-hybridized carbons (Fsp3) is 0.238. The van der Waals surface area contributed by atoms with Crippen molar-refractivity contribution >= 4 is 39.9 Å². The normalized spacial score (nSPS) is 16.6. The highest BCUT2D eigenvalue weighted by Crippen LogP contribution is 2.28. The topological polar surface area (TPSA) is 118 Å². The van der Waals surface area contributed by atoms with E-state index in [0.29, 0.717) is 16.6 Å². The molecule has 0 bridgehead atoms. The molecule has 1 saturated heterocycles. The van der Waals surface area contributed by atoms with Crippen molar-refractivity contribution in [2.45, 2.75) is 17.5 Å². The molecule has 4 rings (SSSR count). The first kappa shape index (κ1) is 23.7. The number of fused-ring (bicyclic) bond motifs is 1. The van der Waals surface area contributed by atoms with Crippen molar-refractivity contribution in [2.75, 3.05) is 18.8 Å². The maximum absolute atomic E-state index is 13.6. The lowest BCUT2D eigenvalue weighted by Gasteiger charge is -2.39. The molecule has 1 aromatic carbocycles. The molecule has 2 aromatic heterocycles. The minimum absolute atomic E-state index is 0.0575. The van der Waals surface area contributed by atoms with E-state index in [0.717, 1.165) is 4.31 Å². The Balaban J connectivity index is 1.50. The lowest BCUT2D eigenvalue weighted by molar-refractivity contribution is -0.141. The third-order valence-electron chi connectivity index (χ3n) is 5.23. The van der Waals surface area contributed by atoms with Crippen LogP contribution in [-0.2, 0) is 15.8 Å².